The molecule has 0 fully saturated rings. The minimum absolute atomic E-state index is 0.201. The highest BCUT2D eigenvalue weighted by Crippen LogP contribution is 2.40. The predicted octanol–water partition coefficient (Wildman–Crippen LogP) is 5.88. The van der Waals surface area contributed by atoms with Gasteiger partial charge in [-0.1, -0.05) is 34.8 Å². The van der Waals surface area contributed by atoms with Crippen molar-refractivity contribution in [1.29, 1.82) is 0 Å². The van der Waals surface area contributed by atoms with E-state index in [1.165, 1.54) is 40.8 Å². The Morgan fingerprint density at radius 2 is 1.35 bits per heavy atom. The molecule has 0 radical (unpaired) electrons. The van der Waals surface area contributed by atoms with Crippen molar-refractivity contribution < 1.29 is 0 Å². The zero-order valence-corrected chi connectivity index (χ0v) is 15.1. The molecule has 0 amide bonds. The molecule has 0 aliphatic carbocycles. The molecule has 0 aliphatic heterocycles. The molecule has 0 aliphatic rings. The monoisotopic (exact) mass is 374 g/mol. The Hall–Kier alpha value is -0.0500. The average Bonchev–Trinajstić information content (AvgIpc) is 3.16. The van der Waals surface area contributed by atoms with Crippen LogP contribution in [0, 0.1) is 0 Å². The van der Waals surface area contributed by atoms with Gasteiger partial charge in [0.15, 0.2) is 0 Å². The van der Waals surface area contributed by atoms with Gasteiger partial charge in [-0.3, -0.25) is 4.79 Å². The van der Waals surface area contributed by atoms with Crippen molar-refractivity contribution in [3.63, 3.8) is 0 Å². The van der Waals surface area contributed by atoms with E-state index in [1.54, 1.807) is 46.2 Å². The third-order valence-corrected chi connectivity index (χ3v) is 9.67. The molecule has 1 nitrogen and oxygen atoms in total. The lowest BCUT2D eigenvalue weighted by Crippen LogP contribution is -1.74. The summed E-state index contributed by atoms with van der Waals surface area (Å²) in [5, 5.41) is 4.19. The van der Waals surface area contributed by atoms with E-state index >= 15 is 0 Å². The molecule has 0 bridgehead atoms. The van der Waals surface area contributed by atoms with Crippen molar-refractivity contribution in [2.45, 2.75) is 19.9 Å². The SMILES string of the molecule is O=c1sc(SCc2cccs2)c(SCc2cccs2)s1. The Balaban J connectivity index is 1.66. The first-order valence-corrected chi connectivity index (χ1v) is 11.1. The van der Waals surface area contributed by atoms with E-state index in [-0.39, 0.29) is 4.06 Å². The molecule has 20 heavy (non-hydrogen) atoms. The van der Waals surface area contributed by atoms with Gasteiger partial charge in [0.05, 0.1) is 8.42 Å². The topological polar surface area (TPSA) is 17.1 Å². The van der Waals surface area contributed by atoms with Gasteiger partial charge in [0.25, 0.3) is 4.06 Å². The van der Waals surface area contributed by atoms with Gasteiger partial charge >= 0.3 is 0 Å². The lowest BCUT2D eigenvalue weighted by Gasteiger charge is -2.00. The molecule has 0 N–H and O–H groups in total. The highest BCUT2D eigenvalue weighted by Gasteiger charge is 2.11. The fourth-order valence-electron chi connectivity index (χ4n) is 1.50. The van der Waals surface area contributed by atoms with E-state index in [1.807, 2.05) is 0 Å². The van der Waals surface area contributed by atoms with Gasteiger partial charge in [-0.2, -0.15) is 0 Å². The maximum absolute atomic E-state index is 11.6. The summed E-state index contributed by atoms with van der Waals surface area (Å²) in [6.07, 6.45) is 0. The summed E-state index contributed by atoms with van der Waals surface area (Å²) in [5.41, 5.74) is 0. The highest BCUT2D eigenvalue weighted by atomic mass is 32.2. The first-order valence-electron chi connectivity index (χ1n) is 5.75. The lowest BCUT2D eigenvalue weighted by molar-refractivity contribution is 1.45. The zero-order chi connectivity index (χ0) is 13.8. The second kappa shape index (κ2) is 7.29. The molecule has 3 heterocycles. The normalized spacial score (nSPS) is 11.0. The molecule has 3 aromatic rings. The molecule has 104 valence electrons. The third kappa shape index (κ3) is 3.99. The summed E-state index contributed by atoms with van der Waals surface area (Å²) in [7, 11) is 0. The molecule has 0 aromatic carbocycles. The van der Waals surface area contributed by atoms with Crippen molar-refractivity contribution in [3.8, 4) is 0 Å². The third-order valence-electron chi connectivity index (χ3n) is 2.37. The van der Waals surface area contributed by atoms with Crippen LogP contribution >= 0.6 is 68.9 Å². The van der Waals surface area contributed by atoms with Crippen LogP contribution in [0.25, 0.3) is 0 Å². The minimum Gasteiger partial charge on any atom is -0.265 e. The number of hydrogen-bond donors (Lipinski definition) is 0. The van der Waals surface area contributed by atoms with Gasteiger partial charge < -0.3 is 0 Å². The summed E-state index contributed by atoms with van der Waals surface area (Å²) in [5.74, 6) is 1.91. The molecule has 3 aromatic heterocycles. The predicted molar refractivity (Wildman–Crippen MR) is 96.2 cm³/mol. The van der Waals surface area contributed by atoms with Gasteiger partial charge in [0.1, 0.15) is 0 Å². The van der Waals surface area contributed by atoms with Crippen molar-refractivity contribution in [1.82, 2.24) is 0 Å². The van der Waals surface area contributed by atoms with E-state index in [2.05, 4.69) is 35.0 Å². The van der Waals surface area contributed by atoms with Crippen molar-refractivity contribution in [2.24, 2.45) is 0 Å². The Morgan fingerprint density at radius 3 is 1.75 bits per heavy atom. The van der Waals surface area contributed by atoms with Gasteiger partial charge in [-0.15, -0.1) is 46.2 Å². The smallest absolute Gasteiger partial charge is 0.265 e. The fraction of sp³-hybridized carbons (Fsp3) is 0.154. The summed E-state index contributed by atoms with van der Waals surface area (Å²) < 4.78 is 2.55. The molecule has 0 saturated heterocycles. The van der Waals surface area contributed by atoms with E-state index in [4.69, 9.17) is 0 Å². The Kier molecular flexibility index (Phi) is 5.42. The van der Waals surface area contributed by atoms with Gasteiger partial charge in [0.2, 0.25) is 0 Å². The van der Waals surface area contributed by atoms with Gasteiger partial charge in [0, 0.05) is 21.3 Å². The largest absolute Gasteiger partial charge is 0.289 e. The van der Waals surface area contributed by atoms with Crippen LogP contribution < -0.4 is 4.06 Å². The van der Waals surface area contributed by atoms with Crippen LogP contribution in [-0.4, -0.2) is 0 Å². The number of thioether (sulfide) groups is 2. The molecule has 0 atom stereocenters. The molecule has 0 unspecified atom stereocenters. The number of rotatable bonds is 6. The summed E-state index contributed by atoms with van der Waals surface area (Å²) in [6.45, 7) is 0. The van der Waals surface area contributed by atoms with Crippen LogP contribution in [0.15, 0.2) is 48.2 Å². The van der Waals surface area contributed by atoms with Crippen LogP contribution in [0.2, 0.25) is 0 Å². The van der Waals surface area contributed by atoms with Crippen molar-refractivity contribution in [3.05, 3.63) is 53.6 Å². The molecular weight excluding hydrogens is 365 g/mol. The maximum Gasteiger partial charge on any atom is 0.289 e. The standard InChI is InChI=1S/C13H10OS6/c14-13-19-11(17-7-9-3-1-5-15-9)12(20-13)18-8-10-4-2-6-16-10/h1-6H,7-8H2. The first kappa shape index (κ1) is 14.9. The summed E-state index contributed by atoms with van der Waals surface area (Å²) >= 11 is 9.88. The van der Waals surface area contributed by atoms with E-state index in [0.29, 0.717) is 0 Å². The Bertz CT molecular complexity index is 633. The van der Waals surface area contributed by atoms with E-state index in [9.17, 15) is 4.79 Å². The molecule has 7 heteroatoms. The Morgan fingerprint density at radius 1 is 0.850 bits per heavy atom. The van der Waals surface area contributed by atoms with Crippen LogP contribution in [0.4, 0.5) is 0 Å². The highest BCUT2D eigenvalue weighted by molar-refractivity contribution is 8.04. The lowest BCUT2D eigenvalue weighted by atomic mass is 10.5. The van der Waals surface area contributed by atoms with Crippen LogP contribution in [0.3, 0.4) is 0 Å². The Labute approximate surface area is 141 Å². The van der Waals surface area contributed by atoms with Crippen LogP contribution in [0.5, 0.6) is 0 Å². The summed E-state index contributed by atoms with van der Waals surface area (Å²) in [4.78, 5) is 14.4. The zero-order valence-electron chi connectivity index (χ0n) is 10.2. The molecular formula is C13H10OS6. The van der Waals surface area contributed by atoms with E-state index in [0.717, 1.165) is 11.5 Å². The molecule has 0 spiro atoms. The quantitative estimate of drug-likeness (QED) is 0.502. The van der Waals surface area contributed by atoms with Crippen LogP contribution in [0.1, 0.15) is 9.75 Å². The molecule has 3 rings (SSSR count). The minimum atomic E-state index is 0.201. The fourth-order valence-corrected chi connectivity index (χ4v) is 8.28. The maximum atomic E-state index is 11.6. The number of hydrogen-bond acceptors (Lipinski definition) is 7. The average molecular weight is 375 g/mol. The van der Waals surface area contributed by atoms with Crippen molar-refractivity contribution >= 4 is 68.9 Å². The van der Waals surface area contributed by atoms with Gasteiger partial charge in [-0.05, 0) is 22.9 Å². The molecule has 0 saturated carbocycles. The summed E-state index contributed by atoms with van der Waals surface area (Å²) in [6, 6.07) is 8.43. The van der Waals surface area contributed by atoms with E-state index < -0.39 is 0 Å². The van der Waals surface area contributed by atoms with Crippen molar-refractivity contribution in [2.75, 3.05) is 0 Å². The number of thiophene rings is 2. The first-order chi connectivity index (χ1) is 9.81. The van der Waals surface area contributed by atoms with Crippen LogP contribution in [-0.2, 0) is 11.5 Å². The van der Waals surface area contributed by atoms with Gasteiger partial charge in [-0.25, -0.2) is 0 Å². The second-order valence-electron chi connectivity index (χ2n) is 3.77. The second-order valence-corrected chi connectivity index (χ2v) is 10.5.